The maximum Gasteiger partial charge on any atom is 0.306 e. The second-order valence-corrected chi connectivity index (χ2v) is 33.3. The Morgan fingerprint density at radius 3 is 1.95 bits per heavy atom. The first-order valence-corrected chi connectivity index (χ1v) is 27.9. The maximum absolute atomic E-state index is 12.5. The molecule has 256 valence electrons. The van der Waals surface area contributed by atoms with Crippen molar-refractivity contribution < 1.29 is 23.2 Å². The van der Waals surface area contributed by atoms with Gasteiger partial charge >= 0.3 is 5.97 Å². The SMILES string of the molecule is CC[C@H]1C(O[Si](C)(C)C)[C@@H]2[C@H](CC(O[Si](C)(C)C)[C@]3(C)[C@@H]([C@H](C)C(=O)O)CC[C@@H]23)[C@@]2(C)CCC(O[Si](C)(C)C(C)(C)C)C[C@@H]12. The molecule has 0 aliphatic heterocycles. The van der Waals surface area contributed by atoms with Crippen molar-refractivity contribution in [2.75, 3.05) is 0 Å². The minimum absolute atomic E-state index is 0.110. The Morgan fingerprint density at radius 1 is 0.864 bits per heavy atom. The zero-order valence-electron chi connectivity index (χ0n) is 31.3. The summed E-state index contributed by atoms with van der Waals surface area (Å²) in [6.07, 6.45) is 8.47. The Labute approximate surface area is 274 Å². The van der Waals surface area contributed by atoms with Crippen LogP contribution in [0.15, 0.2) is 0 Å². The van der Waals surface area contributed by atoms with Gasteiger partial charge in [0.1, 0.15) is 0 Å². The number of carboxylic acid groups (broad SMARTS) is 1. The molecule has 0 amide bonds. The van der Waals surface area contributed by atoms with Crippen LogP contribution in [-0.2, 0) is 18.1 Å². The molecule has 1 N–H and O–H groups in total. The molecule has 0 bridgehead atoms. The van der Waals surface area contributed by atoms with Crippen LogP contribution in [0, 0.1) is 52.3 Å². The number of rotatable bonds is 9. The fourth-order valence-electron chi connectivity index (χ4n) is 10.8. The third-order valence-corrected chi connectivity index (χ3v) is 20.2. The summed E-state index contributed by atoms with van der Waals surface area (Å²) in [5.41, 5.74) is 0.0707. The van der Waals surface area contributed by atoms with Gasteiger partial charge in [0, 0.05) is 6.10 Å². The van der Waals surface area contributed by atoms with Crippen LogP contribution in [0.3, 0.4) is 0 Å². The van der Waals surface area contributed by atoms with Crippen molar-refractivity contribution in [3.8, 4) is 0 Å². The second-order valence-electron chi connectivity index (χ2n) is 19.6. The van der Waals surface area contributed by atoms with E-state index in [1.165, 1.54) is 6.42 Å². The van der Waals surface area contributed by atoms with Crippen molar-refractivity contribution in [3.63, 3.8) is 0 Å². The number of hydrogen-bond donors (Lipinski definition) is 1. The summed E-state index contributed by atoms with van der Waals surface area (Å²) in [6.45, 7) is 35.5. The Hall–Kier alpha value is 0.000649. The molecule has 0 radical (unpaired) electrons. The van der Waals surface area contributed by atoms with Crippen molar-refractivity contribution in [2.24, 2.45) is 52.3 Å². The van der Waals surface area contributed by atoms with Crippen LogP contribution in [0.25, 0.3) is 0 Å². The largest absolute Gasteiger partial charge is 0.481 e. The van der Waals surface area contributed by atoms with Gasteiger partial charge < -0.3 is 18.4 Å². The van der Waals surface area contributed by atoms with E-state index >= 15 is 0 Å². The number of fused-ring (bicyclic) bond motifs is 5. The normalized spacial score (nSPS) is 42.3. The van der Waals surface area contributed by atoms with E-state index in [0.29, 0.717) is 35.7 Å². The highest BCUT2D eigenvalue weighted by molar-refractivity contribution is 6.74. The highest BCUT2D eigenvalue weighted by Gasteiger charge is 2.69. The molecule has 0 aromatic rings. The van der Waals surface area contributed by atoms with Gasteiger partial charge in [-0.15, -0.1) is 0 Å². The van der Waals surface area contributed by atoms with Crippen molar-refractivity contribution in [3.05, 3.63) is 0 Å². The van der Waals surface area contributed by atoms with E-state index in [2.05, 4.69) is 93.9 Å². The minimum atomic E-state index is -1.89. The lowest BCUT2D eigenvalue weighted by Crippen LogP contribution is -2.67. The molecule has 4 aliphatic carbocycles. The Bertz CT molecular complexity index is 1040. The fraction of sp³-hybridized carbons (Fsp3) is 0.972. The highest BCUT2D eigenvalue weighted by atomic mass is 28.4. The van der Waals surface area contributed by atoms with E-state index in [1.807, 2.05) is 6.92 Å². The molecule has 4 aliphatic rings. The van der Waals surface area contributed by atoms with Gasteiger partial charge in [0.25, 0.3) is 0 Å². The van der Waals surface area contributed by atoms with Crippen LogP contribution >= 0.6 is 0 Å². The molecule has 0 heterocycles. The molecule has 4 saturated carbocycles. The van der Waals surface area contributed by atoms with E-state index in [0.717, 1.165) is 38.5 Å². The van der Waals surface area contributed by atoms with E-state index < -0.39 is 30.9 Å². The predicted octanol–water partition coefficient (Wildman–Crippen LogP) is 10.1. The van der Waals surface area contributed by atoms with Crippen LogP contribution < -0.4 is 0 Å². The third-order valence-electron chi connectivity index (χ3n) is 13.7. The first-order chi connectivity index (χ1) is 19.9. The Balaban J connectivity index is 1.82. The van der Waals surface area contributed by atoms with Crippen LogP contribution in [0.5, 0.6) is 0 Å². The molecule has 4 fully saturated rings. The van der Waals surface area contributed by atoms with Crippen LogP contribution in [0.4, 0.5) is 0 Å². The smallest absolute Gasteiger partial charge is 0.306 e. The molecular weight excluding hydrogens is 597 g/mol. The van der Waals surface area contributed by atoms with Crippen molar-refractivity contribution >= 4 is 30.9 Å². The molecule has 5 nitrogen and oxygen atoms in total. The van der Waals surface area contributed by atoms with E-state index in [-0.39, 0.29) is 39.9 Å². The molecule has 3 unspecified atom stereocenters. The minimum Gasteiger partial charge on any atom is -0.481 e. The van der Waals surface area contributed by atoms with Crippen molar-refractivity contribution in [1.82, 2.24) is 0 Å². The zero-order valence-corrected chi connectivity index (χ0v) is 34.3. The molecule has 12 atom stereocenters. The standard InChI is InChI=1S/C36H70O5Si3/c1-16-25-28-21-24(39-44(14,15)34(3,4)5)19-20-35(28,6)29-22-30(40-42(8,9)10)36(7)26(23(2)33(37)38)17-18-27(36)31(29)32(25)41-43(11,12)13/h23-32H,16-22H2,1-15H3,(H,37,38)/t23-,24?,25+,26+,27-,28-,29-,30?,31-,32?,35-,36+/m0/s1. The van der Waals surface area contributed by atoms with E-state index in [4.69, 9.17) is 13.3 Å². The topological polar surface area (TPSA) is 65.0 Å². The summed E-state index contributed by atoms with van der Waals surface area (Å²) in [7, 11) is -5.63. The van der Waals surface area contributed by atoms with Gasteiger partial charge in [-0.2, -0.15) is 0 Å². The maximum atomic E-state index is 12.5. The molecule has 0 aromatic carbocycles. The number of carboxylic acids is 1. The average molecular weight is 667 g/mol. The first-order valence-electron chi connectivity index (χ1n) is 18.1. The summed E-state index contributed by atoms with van der Waals surface area (Å²) >= 11 is 0. The Morgan fingerprint density at radius 2 is 1.45 bits per heavy atom. The number of carbonyl (C=O) groups is 1. The van der Waals surface area contributed by atoms with Gasteiger partial charge in [0.15, 0.2) is 25.0 Å². The number of aliphatic carboxylic acids is 1. The fourth-order valence-corrected chi connectivity index (χ4v) is 14.5. The average Bonchev–Trinajstić information content (AvgIpc) is 3.20. The van der Waals surface area contributed by atoms with Gasteiger partial charge in [-0.25, -0.2) is 0 Å². The Kier molecular flexibility index (Phi) is 10.2. The van der Waals surface area contributed by atoms with Crippen molar-refractivity contribution in [2.45, 2.75) is 169 Å². The molecular formula is C36H70O5Si3. The molecule has 8 heteroatoms. The predicted molar refractivity (Wildman–Crippen MR) is 190 cm³/mol. The quantitative estimate of drug-likeness (QED) is 0.248. The molecule has 0 spiro atoms. The van der Waals surface area contributed by atoms with Gasteiger partial charge in [-0.3, -0.25) is 4.79 Å². The van der Waals surface area contributed by atoms with Crippen LogP contribution in [0.1, 0.15) is 93.4 Å². The summed E-state index contributed by atoms with van der Waals surface area (Å²) in [4.78, 5) is 12.5. The first kappa shape index (κ1) is 36.8. The summed E-state index contributed by atoms with van der Waals surface area (Å²) < 4.78 is 21.8. The molecule has 0 saturated heterocycles. The summed E-state index contributed by atoms with van der Waals surface area (Å²) in [5.74, 6) is 1.64. The van der Waals surface area contributed by atoms with Crippen LogP contribution in [-0.4, -0.2) is 54.3 Å². The molecule has 0 aromatic heterocycles. The lowest BCUT2D eigenvalue weighted by Gasteiger charge is -2.68. The van der Waals surface area contributed by atoms with Gasteiger partial charge in [0.2, 0.25) is 0 Å². The lowest BCUT2D eigenvalue weighted by molar-refractivity contribution is -0.221. The summed E-state index contributed by atoms with van der Waals surface area (Å²) in [5, 5.41) is 10.5. The number of hydrogen-bond acceptors (Lipinski definition) is 4. The highest BCUT2D eigenvalue weighted by Crippen LogP contribution is 2.71. The molecule has 44 heavy (non-hydrogen) atoms. The van der Waals surface area contributed by atoms with Gasteiger partial charge in [-0.1, -0.05) is 54.9 Å². The van der Waals surface area contributed by atoms with Crippen LogP contribution in [0.2, 0.25) is 57.4 Å². The monoisotopic (exact) mass is 666 g/mol. The van der Waals surface area contributed by atoms with E-state index in [1.54, 1.807) is 0 Å². The zero-order chi connectivity index (χ0) is 33.4. The molecule has 4 rings (SSSR count). The van der Waals surface area contributed by atoms with E-state index in [9.17, 15) is 9.90 Å². The van der Waals surface area contributed by atoms with Crippen molar-refractivity contribution in [1.29, 1.82) is 0 Å². The summed E-state index contributed by atoms with van der Waals surface area (Å²) in [6, 6.07) is 0. The van der Waals surface area contributed by atoms with Gasteiger partial charge in [0.05, 0.1) is 18.1 Å². The third kappa shape index (κ3) is 6.66. The lowest BCUT2D eigenvalue weighted by atomic mass is 9.41. The second kappa shape index (κ2) is 12.2. The van der Waals surface area contributed by atoms with Gasteiger partial charge in [-0.05, 0) is 142 Å².